The van der Waals surface area contributed by atoms with E-state index in [-0.39, 0.29) is 29.0 Å². The molecular formula is C17H18N4O3. The molecule has 0 atom stereocenters. The Morgan fingerprint density at radius 1 is 1.25 bits per heavy atom. The second kappa shape index (κ2) is 6.66. The number of aldehydes is 1. The monoisotopic (exact) mass is 326 g/mol. The number of rotatable bonds is 3. The molecule has 2 heterocycles. The molecule has 1 amide bonds. The van der Waals surface area contributed by atoms with Crippen molar-refractivity contribution in [3.63, 3.8) is 0 Å². The van der Waals surface area contributed by atoms with Gasteiger partial charge in [0.05, 0.1) is 11.3 Å². The summed E-state index contributed by atoms with van der Waals surface area (Å²) in [7, 11) is 0. The summed E-state index contributed by atoms with van der Waals surface area (Å²) in [5, 5.41) is 17.8. The molecule has 0 saturated carbocycles. The van der Waals surface area contributed by atoms with Crippen molar-refractivity contribution >= 4 is 18.0 Å². The quantitative estimate of drug-likeness (QED) is 0.827. The number of phenols is 1. The highest BCUT2D eigenvalue weighted by molar-refractivity contribution is 5.99. The first kappa shape index (κ1) is 15.9. The van der Waals surface area contributed by atoms with Crippen molar-refractivity contribution < 1.29 is 14.7 Å². The maximum absolute atomic E-state index is 12.7. The molecule has 1 aromatic carbocycles. The molecule has 24 heavy (non-hydrogen) atoms. The van der Waals surface area contributed by atoms with Crippen molar-refractivity contribution in [2.45, 2.75) is 12.8 Å². The van der Waals surface area contributed by atoms with Gasteiger partial charge in [0.1, 0.15) is 12.0 Å². The van der Waals surface area contributed by atoms with E-state index in [1.54, 1.807) is 35.2 Å². The summed E-state index contributed by atoms with van der Waals surface area (Å²) in [5.41, 5.74) is 6.95. The third kappa shape index (κ3) is 3.05. The molecule has 3 rings (SSSR count). The molecule has 0 unspecified atom stereocenters. The van der Waals surface area contributed by atoms with Crippen molar-refractivity contribution in [3.05, 3.63) is 35.9 Å². The van der Waals surface area contributed by atoms with Crippen LogP contribution < -0.4 is 5.73 Å². The highest BCUT2D eigenvalue weighted by Gasteiger charge is 2.25. The van der Waals surface area contributed by atoms with Gasteiger partial charge in [0.15, 0.2) is 5.82 Å². The van der Waals surface area contributed by atoms with Crippen LogP contribution in [-0.4, -0.2) is 45.5 Å². The Bertz CT molecular complexity index is 770. The number of phenolic OH excluding ortho intramolecular Hbond substituents is 1. The predicted molar refractivity (Wildman–Crippen MR) is 88.2 cm³/mol. The number of benzene rings is 1. The van der Waals surface area contributed by atoms with Gasteiger partial charge in [0.2, 0.25) is 0 Å². The van der Waals surface area contributed by atoms with Crippen LogP contribution in [-0.2, 0) is 4.79 Å². The third-order valence-corrected chi connectivity index (χ3v) is 4.25. The van der Waals surface area contributed by atoms with Crippen LogP contribution in [0.15, 0.2) is 30.3 Å². The number of aromatic nitrogens is 2. The number of piperidine rings is 1. The van der Waals surface area contributed by atoms with E-state index in [2.05, 4.69) is 10.2 Å². The van der Waals surface area contributed by atoms with E-state index in [0.717, 1.165) is 6.29 Å². The van der Waals surface area contributed by atoms with E-state index in [4.69, 9.17) is 5.73 Å². The van der Waals surface area contributed by atoms with Crippen molar-refractivity contribution in [3.8, 4) is 17.0 Å². The van der Waals surface area contributed by atoms with E-state index in [0.29, 0.717) is 37.2 Å². The molecule has 0 radical (unpaired) electrons. The van der Waals surface area contributed by atoms with Crippen molar-refractivity contribution in [2.75, 3.05) is 18.8 Å². The zero-order valence-corrected chi connectivity index (χ0v) is 13.1. The van der Waals surface area contributed by atoms with Crippen molar-refractivity contribution in [2.24, 2.45) is 5.92 Å². The van der Waals surface area contributed by atoms with Crippen LogP contribution in [0.25, 0.3) is 11.3 Å². The van der Waals surface area contributed by atoms with E-state index >= 15 is 0 Å². The molecule has 124 valence electrons. The summed E-state index contributed by atoms with van der Waals surface area (Å²) in [6.45, 7) is 1.02. The molecule has 2 aromatic rings. The number of aromatic hydroxyl groups is 1. The molecule has 0 aliphatic carbocycles. The van der Waals surface area contributed by atoms with Gasteiger partial charge >= 0.3 is 0 Å². The Morgan fingerprint density at radius 2 is 1.96 bits per heavy atom. The van der Waals surface area contributed by atoms with Gasteiger partial charge in [-0.2, -0.15) is 0 Å². The summed E-state index contributed by atoms with van der Waals surface area (Å²) in [5.74, 6) is -0.111. The van der Waals surface area contributed by atoms with Gasteiger partial charge in [0.25, 0.3) is 5.91 Å². The molecule has 1 saturated heterocycles. The number of nitrogens with two attached hydrogens (primary N) is 1. The highest BCUT2D eigenvalue weighted by atomic mass is 16.3. The number of nitrogens with zero attached hydrogens (tertiary/aromatic N) is 3. The lowest BCUT2D eigenvalue weighted by Gasteiger charge is -2.29. The fourth-order valence-corrected chi connectivity index (χ4v) is 2.80. The minimum Gasteiger partial charge on any atom is -0.507 e. The summed E-state index contributed by atoms with van der Waals surface area (Å²) in [6.07, 6.45) is 2.25. The maximum atomic E-state index is 12.7. The minimum absolute atomic E-state index is 0.0128. The molecule has 1 aromatic heterocycles. The number of para-hydroxylation sites is 1. The number of likely N-dealkylation sites (tertiary alicyclic amines) is 1. The number of hydrogen-bond donors (Lipinski definition) is 2. The first-order valence-electron chi connectivity index (χ1n) is 7.76. The fourth-order valence-electron chi connectivity index (χ4n) is 2.80. The molecule has 7 nitrogen and oxygen atoms in total. The molecule has 3 N–H and O–H groups in total. The maximum Gasteiger partial charge on any atom is 0.257 e. The number of amides is 1. The number of carbonyl (C=O) groups excluding carboxylic acids is 2. The Hall–Kier alpha value is -2.96. The van der Waals surface area contributed by atoms with Crippen LogP contribution in [0.1, 0.15) is 23.2 Å². The average Bonchev–Trinajstić information content (AvgIpc) is 2.62. The normalized spacial score (nSPS) is 15.2. The first-order chi connectivity index (χ1) is 11.6. The molecule has 1 aliphatic rings. The number of hydrogen-bond acceptors (Lipinski definition) is 6. The van der Waals surface area contributed by atoms with Crippen LogP contribution in [0.3, 0.4) is 0 Å². The molecule has 0 spiro atoms. The third-order valence-electron chi connectivity index (χ3n) is 4.25. The number of carbonyl (C=O) groups is 2. The van der Waals surface area contributed by atoms with Gasteiger partial charge in [-0.05, 0) is 31.0 Å². The first-order valence-corrected chi connectivity index (χ1v) is 7.76. The van der Waals surface area contributed by atoms with Gasteiger partial charge in [-0.15, -0.1) is 10.2 Å². The Kier molecular flexibility index (Phi) is 4.41. The Balaban J connectivity index is 1.88. The zero-order chi connectivity index (χ0) is 17.1. The van der Waals surface area contributed by atoms with Gasteiger partial charge < -0.3 is 20.5 Å². The van der Waals surface area contributed by atoms with Gasteiger partial charge in [-0.3, -0.25) is 4.79 Å². The molecule has 1 fully saturated rings. The summed E-state index contributed by atoms with van der Waals surface area (Å²) in [4.78, 5) is 25.2. The van der Waals surface area contributed by atoms with E-state index < -0.39 is 0 Å². The van der Waals surface area contributed by atoms with Gasteiger partial charge in [0, 0.05) is 24.6 Å². The van der Waals surface area contributed by atoms with E-state index in [1.807, 2.05) is 0 Å². The summed E-state index contributed by atoms with van der Waals surface area (Å²) in [6, 6.07) is 8.25. The standard InChI is InChI=1S/C17H18N4O3/c18-16-13(17(24)21-7-5-11(10-22)6-8-21)9-14(19-20-16)12-3-1-2-4-15(12)23/h1-4,9-11,23H,5-8H2,(H2,18,20). The molecule has 7 heteroatoms. The average molecular weight is 326 g/mol. The SMILES string of the molecule is Nc1nnc(-c2ccccc2O)cc1C(=O)N1CCC(C=O)CC1. The van der Waals surface area contributed by atoms with E-state index in [9.17, 15) is 14.7 Å². The lowest BCUT2D eigenvalue weighted by molar-refractivity contribution is -0.112. The fraction of sp³-hybridized carbons (Fsp3) is 0.294. The predicted octanol–water partition coefficient (Wildman–Crippen LogP) is 1.48. The molecule has 1 aliphatic heterocycles. The Labute approximate surface area is 139 Å². The summed E-state index contributed by atoms with van der Waals surface area (Å²) >= 11 is 0. The lowest BCUT2D eigenvalue weighted by Crippen LogP contribution is -2.39. The van der Waals surface area contributed by atoms with Crippen LogP contribution in [0.5, 0.6) is 5.75 Å². The van der Waals surface area contributed by atoms with Crippen LogP contribution in [0, 0.1) is 5.92 Å². The largest absolute Gasteiger partial charge is 0.507 e. The second-order valence-corrected chi connectivity index (χ2v) is 5.81. The van der Waals surface area contributed by atoms with Crippen LogP contribution in [0.2, 0.25) is 0 Å². The van der Waals surface area contributed by atoms with Gasteiger partial charge in [-0.25, -0.2) is 0 Å². The highest BCUT2D eigenvalue weighted by Crippen LogP contribution is 2.28. The number of anilines is 1. The second-order valence-electron chi connectivity index (χ2n) is 5.81. The number of nitrogen functional groups attached to an aromatic ring is 1. The minimum atomic E-state index is -0.233. The van der Waals surface area contributed by atoms with Crippen LogP contribution >= 0.6 is 0 Å². The molecule has 0 bridgehead atoms. The lowest BCUT2D eigenvalue weighted by atomic mass is 9.98. The Morgan fingerprint density at radius 3 is 2.62 bits per heavy atom. The molecular weight excluding hydrogens is 308 g/mol. The topological polar surface area (TPSA) is 109 Å². The van der Waals surface area contributed by atoms with E-state index in [1.165, 1.54) is 0 Å². The zero-order valence-electron chi connectivity index (χ0n) is 13.1. The van der Waals surface area contributed by atoms with Crippen molar-refractivity contribution in [1.82, 2.24) is 15.1 Å². The summed E-state index contributed by atoms with van der Waals surface area (Å²) < 4.78 is 0. The smallest absolute Gasteiger partial charge is 0.257 e. The van der Waals surface area contributed by atoms with Crippen molar-refractivity contribution in [1.29, 1.82) is 0 Å². The van der Waals surface area contributed by atoms with Crippen LogP contribution in [0.4, 0.5) is 5.82 Å². The van der Waals surface area contributed by atoms with Gasteiger partial charge in [-0.1, -0.05) is 12.1 Å².